The Hall–Kier alpha value is -1.98. The molecule has 1 amide bonds. The molecule has 3 rings (SSSR count). The fraction of sp³-hybridized carbons (Fsp3) is 0.312. The predicted molar refractivity (Wildman–Crippen MR) is 82.6 cm³/mol. The third-order valence-electron chi connectivity index (χ3n) is 3.42. The van der Waals surface area contributed by atoms with Crippen molar-refractivity contribution in [2.75, 3.05) is 18.5 Å². The number of nitrogens with one attached hydrogen (secondary N) is 1. The van der Waals surface area contributed by atoms with Crippen molar-refractivity contribution >= 4 is 23.2 Å². The van der Waals surface area contributed by atoms with Gasteiger partial charge in [-0.05, 0) is 37.1 Å². The molecule has 1 atom stereocenters. The first-order valence-corrected chi connectivity index (χ1v) is 7.47. The van der Waals surface area contributed by atoms with Crippen LogP contribution in [0.1, 0.15) is 23.2 Å². The van der Waals surface area contributed by atoms with Crippen LogP contribution in [0, 0.1) is 0 Å². The van der Waals surface area contributed by atoms with E-state index in [-0.39, 0.29) is 12.0 Å². The monoisotopic (exact) mass is 321 g/mol. The third-order valence-corrected chi connectivity index (χ3v) is 3.66. The van der Waals surface area contributed by atoms with Crippen LogP contribution in [0.25, 0.3) is 0 Å². The van der Waals surface area contributed by atoms with Crippen LogP contribution < -0.4 is 10.1 Å². The van der Waals surface area contributed by atoms with Gasteiger partial charge in [0.1, 0.15) is 18.6 Å². The summed E-state index contributed by atoms with van der Waals surface area (Å²) >= 11 is 6.00. The summed E-state index contributed by atoms with van der Waals surface area (Å²) < 4.78 is 16.2. The highest BCUT2D eigenvalue weighted by Gasteiger charge is 2.18. The summed E-state index contributed by atoms with van der Waals surface area (Å²) in [6.45, 7) is 1.23. The molecule has 0 radical (unpaired) electrons. The van der Waals surface area contributed by atoms with E-state index in [0.29, 0.717) is 28.6 Å². The van der Waals surface area contributed by atoms with Crippen molar-refractivity contribution in [1.82, 2.24) is 0 Å². The third kappa shape index (κ3) is 3.61. The number of anilines is 1. The molecule has 1 aromatic heterocycles. The van der Waals surface area contributed by atoms with Gasteiger partial charge >= 0.3 is 0 Å². The van der Waals surface area contributed by atoms with Gasteiger partial charge in [0.05, 0.1) is 23.6 Å². The summed E-state index contributed by atoms with van der Waals surface area (Å²) in [7, 11) is 0. The van der Waals surface area contributed by atoms with Crippen molar-refractivity contribution in [1.29, 1.82) is 0 Å². The molecule has 2 aromatic rings. The lowest BCUT2D eigenvalue weighted by atomic mass is 10.2. The summed E-state index contributed by atoms with van der Waals surface area (Å²) in [6.07, 6.45) is 4.98. The van der Waals surface area contributed by atoms with Gasteiger partial charge in [-0.2, -0.15) is 0 Å². The van der Waals surface area contributed by atoms with Crippen molar-refractivity contribution in [3.63, 3.8) is 0 Å². The van der Waals surface area contributed by atoms with E-state index in [1.807, 2.05) is 0 Å². The molecule has 1 saturated heterocycles. The maximum absolute atomic E-state index is 12.1. The van der Waals surface area contributed by atoms with Gasteiger partial charge in [0, 0.05) is 11.6 Å². The molecule has 1 N–H and O–H groups in total. The van der Waals surface area contributed by atoms with Gasteiger partial charge in [0.25, 0.3) is 5.91 Å². The van der Waals surface area contributed by atoms with E-state index in [1.54, 1.807) is 24.3 Å². The quantitative estimate of drug-likeness (QED) is 0.911. The smallest absolute Gasteiger partial charge is 0.259 e. The number of ether oxygens (including phenoxy) is 2. The molecular formula is C16H16ClNO4. The minimum atomic E-state index is -0.280. The van der Waals surface area contributed by atoms with Gasteiger partial charge in [-0.15, -0.1) is 0 Å². The fourth-order valence-corrected chi connectivity index (χ4v) is 2.44. The molecule has 1 fully saturated rings. The number of carbonyl (C=O) groups is 1. The molecule has 6 heteroatoms. The number of furan rings is 1. The van der Waals surface area contributed by atoms with E-state index < -0.39 is 0 Å². The largest absolute Gasteiger partial charge is 0.489 e. The molecule has 116 valence electrons. The van der Waals surface area contributed by atoms with Crippen LogP contribution in [0.4, 0.5) is 5.69 Å². The number of halogens is 1. The lowest BCUT2D eigenvalue weighted by molar-refractivity contribution is 0.0682. The van der Waals surface area contributed by atoms with Gasteiger partial charge < -0.3 is 19.2 Å². The minimum Gasteiger partial charge on any atom is -0.489 e. The van der Waals surface area contributed by atoms with E-state index in [1.165, 1.54) is 12.5 Å². The molecule has 1 aliphatic rings. The Balaban J connectivity index is 1.71. The van der Waals surface area contributed by atoms with Gasteiger partial charge in [-0.3, -0.25) is 4.79 Å². The Kier molecular flexibility index (Phi) is 4.65. The average molecular weight is 322 g/mol. The van der Waals surface area contributed by atoms with Crippen LogP contribution in [0.15, 0.2) is 41.2 Å². The van der Waals surface area contributed by atoms with Crippen LogP contribution in [-0.4, -0.2) is 25.2 Å². The molecule has 2 heterocycles. The number of benzene rings is 1. The minimum absolute atomic E-state index is 0.105. The highest BCUT2D eigenvalue weighted by Crippen LogP contribution is 2.29. The SMILES string of the molecule is O=C(Nc1cc(Cl)ccc1OCC1CCCO1)c1ccoc1. The van der Waals surface area contributed by atoms with Crippen LogP contribution in [-0.2, 0) is 4.74 Å². The van der Waals surface area contributed by atoms with Gasteiger partial charge in [-0.1, -0.05) is 11.6 Å². The van der Waals surface area contributed by atoms with Crippen molar-refractivity contribution in [3.05, 3.63) is 47.4 Å². The second-order valence-electron chi connectivity index (χ2n) is 5.05. The Morgan fingerprint density at radius 2 is 2.32 bits per heavy atom. The highest BCUT2D eigenvalue weighted by molar-refractivity contribution is 6.31. The number of hydrogen-bond acceptors (Lipinski definition) is 4. The van der Waals surface area contributed by atoms with Crippen LogP contribution in [0.2, 0.25) is 5.02 Å². The van der Waals surface area contributed by atoms with Gasteiger partial charge in [0.2, 0.25) is 0 Å². The van der Waals surface area contributed by atoms with Crippen molar-refractivity contribution < 1.29 is 18.7 Å². The second-order valence-corrected chi connectivity index (χ2v) is 5.49. The van der Waals surface area contributed by atoms with E-state index in [4.69, 9.17) is 25.5 Å². The number of rotatable bonds is 5. The zero-order valence-corrected chi connectivity index (χ0v) is 12.6. The normalized spacial score (nSPS) is 17.4. The van der Waals surface area contributed by atoms with Crippen molar-refractivity contribution in [2.24, 2.45) is 0 Å². The Labute approximate surface area is 133 Å². The van der Waals surface area contributed by atoms with Crippen LogP contribution in [0.3, 0.4) is 0 Å². The second kappa shape index (κ2) is 6.85. The molecule has 22 heavy (non-hydrogen) atoms. The topological polar surface area (TPSA) is 60.7 Å². The number of carbonyl (C=O) groups excluding carboxylic acids is 1. The van der Waals surface area contributed by atoms with Crippen LogP contribution in [0.5, 0.6) is 5.75 Å². The molecule has 0 bridgehead atoms. The first-order valence-electron chi connectivity index (χ1n) is 7.10. The van der Waals surface area contributed by atoms with Crippen molar-refractivity contribution in [2.45, 2.75) is 18.9 Å². The summed E-state index contributed by atoms with van der Waals surface area (Å²) in [5.41, 5.74) is 0.960. The highest BCUT2D eigenvalue weighted by atomic mass is 35.5. The van der Waals surface area contributed by atoms with Crippen molar-refractivity contribution in [3.8, 4) is 5.75 Å². The van der Waals surface area contributed by atoms with E-state index in [9.17, 15) is 4.79 Å². The Morgan fingerprint density at radius 1 is 1.41 bits per heavy atom. The summed E-state index contributed by atoms with van der Waals surface area (Å²) in [5, 5.41) is 3.30. The molecule has 1 aromatic carbocycles. The van der Waals surface area contributed by atoms with E-state index in [2.05, 4.69) is 5.32 Å². The molecule has 0 saturated carbocycles. The zero-order chi connectivity index (χ0) is 15.4. The lowest BCUT2D eigenvalue weighted by Gasteiger charge is -2.15. The molecular weight excluding hydrogens is 306 g/mol. The molecule has 5 nitrogen and oxygen atoms in total. The predicted octanol–water partition coefficient (Wildman–Crippen LogP) is 3.74. The van der Waals surface area contributed by atoms with Gasteiger partial charge in [-0.25, -0.2) is 0 Å². The fourth-order valence-electron chi connectivity index (χ4n) is 2.27. The number of amides is 1. The van der Waals surface area contributed by atoms with E-state index in [0.717, 1.165) is 19.4 Å². The average Bonchev–Trinajstić information content (AvgIpc) is 3.20. The lowest BCUT2D eigenvalue weighted by Crippen LogP contribution is -2.18. The zero-order valence-electron chi connectivity index (χ0n) is 11.9. The van der Waals surface area contributed by atoms with Crippen LogP contribution >= 0.6 is 11.6 Å². The molecule has 0 spiro atoms. The summed E-state index contributed by atoms with van der Waals surface area (Å²) in [5.74, 6) is 0.287. The first kappa shape index (κ1) is 14.9. The Morgan fingerprint density at radius 3 is 3.05 bits per heavy atom. The molecule has 1 unspecified atom stereocenters. The molecule has 1 aliphatic heterocycles. The first-order chi connectivity index (χ1) is 10.7. The maximum Gasteiger partial charge on any atom is 0.259 e. The standard InChI is InChI=1S/C16H16ClNO4/c17-12-3-4-15(22-10-13-2-1-6-21-13)14(8-12)18-16(19)11-5-7-20-9-11/h3-5,7-9,13H,1-2,6,10H2,(H,18,19). The summed E-state index contributed by atoms with van der Waals surface area (Å²) in [4.78, 5) is 12.1. The maximum atomic E-state index is 12.1. The Bertz CT molecular complexity index is 636. The molecule has 0 aliphatic carbocycles. The number of hydrogen-bond donors (Lipinski definition) is 1. The van der Waals surface area contributed by atoms with Gasteiger partial charge in [0.15, 0.2) is 0 Å². The van der Waals surface area contributed by atoms with E-state index >= 15 is 0 Å². The summed E-state index contributed by atoms with van der Waals surface area (Å²) in [6, 6.07) is 6.71.